The highest BCUT2D eigenvalue weighted by molar-refractivity contribution is 7.80. The van der Waals surface area contributed by atoms with Crippen molar-refractivity contribution in [3.05, 3.63) is 0 Å². The van der Waals surface area contributed by atoms with Crippen molar-refractivity contribution in [3.8, 4) is 0 Å². The largest absolute Gasteiger partial charge is 0.394 e. The Morgan fingerprint density at radius 3 is 0.844 bits per heavy atom. The fourth-order valence-corrected chi connectivity index (χ4v) is 3.13. The first-order chi connectivity index (χ1) is 14.6. The van der Waals surface area contributed by atoms with Crippen LogP contribution in [0.2, 0.25) is 0 Å². The average molecular weight is 509 g/mol. The molecule has 0 aliphatic rings. The Morgan fingerprint density at radius 1 is 0.469 bits per heavy atom. The minimum atomic E-state index is -4.67. The molecule has 0 amide bonds. The maximum Gasteiger partial charge on any atom is 0.394 e. The van der Waals surface area contributed by atoms with Crippen LogP contribution < -0.4 is 0 Å². The number of rotatable bonds is 17. The van der Waals surface area contributed by atoms with Crippen molar-refractivity contribution in [2.24, 2.45) is 0 Å². The molecule has 0 radical (unpaired) electrons. The molecule has 4 N–H and O–H groups in total. The van der Waals surface area contributed by atoms with Crippen molar-refractivity contribution >= 4 is 20.8 Å². The molecule has 0 saturated heterocycles. The minimum absolute atomic E-state index is 1.12. The Hall–Kier alpha value is -0.300. The molecule has 0 rings (SSSR count). The van der Waals surface area contributed by atoms with Crippen molar-refractivity contribution in [3.63, 3.8) is 0 Å². The normalized spacial score (nSPS) is 11.9. The average Bonchev–Trinajstić information content (AvgIpc) is 2.57. The molecule has 0 fully saturated rings. The Bertz CT molecular complexity index is 541. The van der Waals surface area contributed by atoms with Crippen LogP contribution in [0, 0.1) is 0 Å². The lowest BCUT2D eigenvalue weighted by Gasteiger charge is -2.23. The van der Waals surface area contributed by atoms with Gasteiger partial charge in [-0.25, -0.2) is 0 Å². The minimum Gasteiger partial charge on any atom is -0.331 e. The second kappa shape index (κ2) is 22.5. The Kier molecular flexibility index (Phi) is 25.5. The van der Waals surface area contributed by atoms with E-state index < -0.39 is 20.8 Å². The standard InChI is InChI=1S/C21H46N.2H2O4S/c1-5-6-7-8-9-10-11-12-13-14-15-16-17-18-19-20-21-22(2,3)4;2*1-5(2,3)4/h5-21H2,1-4H3;2*(H2,1,2,3,4)/q+1;;. The van der Waals surface area contributed by atoms with Crippen LogP contribution in [0.1, 0.15) is 110 Å². The first-order valence-electron chi connectivity index (χ1n) is 11.8. The number of hydrogen-bond donors (Lipinski definition) is 4. The lowest BCUT2D eigenvalue weighted by molar-refractivity contribution is -0.870. The van der Waals surface area contributed by atoms with Gasteiger partial charge in [-0.15, -0.1) is 0 Å². The van der Waals surface area contributed by atoms with Crippen LogP contribution >= 0.6 is 0 Å². The lowest BCUT2D eigenvalue weighted by Crippen LogP contribution is -2.35. The van der Waals surface area contributed by atoms with Gasteiger partial charge in [0.1, 0.15) is 0 Å². The van der Waals surface area contributed by atoms with Crippen LogP contribution in [0.5, 0.6) is 0 Å². The molecule has 0 bridgehead atoms. The predicted octanol–water partition coefficient (Wildman–Crippen LogP) is 5.65. The summed E-state index contributed by atoms with van der Waals surface area (Å²) in [5, 5.41) is 0. The zero-order chi connectivity index (χ0) is 25.5. The summed E-state index contributed by atoms with van der Waals surface area (Å²) in [4.78, 5) is 0. The maximum absolute atomic E-state index is 8.74. The van der Waals surface area contributed by atoms with Crippen LogP contribution in [-0.2, 0) is 20.8 Å². The number of quaternary nitrogens is 1. The van der Waals surface area contributed by atoms with E-state index in [1.807, 2.05) is 0 Å². The van der Waals surface area contributed by atoms with Crippen molar-refractivity contribution in [2.45, 2.75) is 110 Å². The summed E-state index contributed by atoms with van der Waals surface area (Å²) >= 11 is 0. The van der Waals surface area contributed by atoms with E-state index in [0.717, 1.165) is 4.48 Å². The molecule has 0 aromatic carbocycles. The second-order valence-corrected chi connectivity index (χ2v) is 11.0. The van der Waals surface area contributed by atoms with E-state index in [1.54, 1.807) is 0 Å². The Morgan fingerprint density at radius 2 is 0.656 bits per heavy atom. The highest BCUT2D eigenvalue weighted by atomic mass is 32.3. The van der Waals surface area contributed by atoms with Gasteiger partial charge in [0, 0.05) is 0 Å². The van der Waals surface area contributed by atoms with Crippen LogP contribution in [0.3, 0.4) is 0 Å². The molecule has 9 nitrogen and oxygen atoms in total. The number of unbranched alkanes of at least 4 members (excludes halogenated alkanes) is 15. The number of hydrogen-bond acceptors (Lipinski definition) is 4. The molecule has 0 saturated carbocycles. The van der Waals surface area contributed by atoms with E-state index in [2.05, 4.69) is 28.1 Å². The molecule has 11 heteroatoms. The topological polar surface area (TPSA) is 149 Å². The van der Waals surface area contributed by atoms with Gasteiger partial charge >= 0.3 is 20.8 Å². The smallest absolute Gasteiger partial charge is 0.331 e. The van der Waals surface area contributed by atoms with Gasteiger partial charge in [-0.3, -0.25) is 18.2 Å². The van der Waals surface area contributed by atoms with E-state index in [1.165, 1.54) is 109 Å². The van der Waals surface area contributed by atoms with Gasteiger partial charge in [0.2, 0.25) is 0 Å². The zero-order valence-corrected chi connectivity index (χ0v) is 22.3. The summed E-state index contributed by atoms with van der Waals surface area (Å²) in [7, 11) is -2.44. The molecular weight excluding hydrogens is 458 g/mol. The summed E-state index contributed by atoms with van der Waals surface area (Å²) in [6, 6.07) is 0. The van der Waals surface area contributed by atoms with Crippen LogP contribution in [-0.4, -0.2) is 67.2 Å². The molecular formula is C21H50NO8S2+. The SMILES string of the molecule is CCCCCCCCCCCCCCCCCC[N+](C)(C)C.O=S(=O)(O)O.O=S(=O)(O)O. The number of nitrogens with zero attached hydrogens (tertiary/aromatic N) is 1. The summed E-state index contributed by atoms with van der Waals surface area (Å²) in [6.07, 6.45) is 23.4. The van der Waals surface area contributed by atoms with Gasteiger partial charge in [-0.2, -0.15) is 16.8 Å². The maximum atomic E-state index is 8.74. The third kappa shape index (κ3) is 70.0. The fraction of sp³-hybridized carbons (Fsp3) is 1.00. The van der Waals surface area contributed by atoms with E-state index in [0.29, 0.717) is 0 Å². The molecule has 198 valence electrons. The summed E-state index contributed by atoms with van der Waals surface area (Å²) in [5.41, 5.74) is 0. The van der Waals surface area contributed by atoms with E-state index in [4.69, 9.17) is 35.0 Å². The van der Waals surface area contributed by atoms with Crippen molar-refractivity contribution in [2.75, 3.05) is 27.7 Å². The molecule has 0 heterocycles. The lowest BCUT2D eigenvalue weighted by atomic mass is 10.0. The van der Waals surface area contributed by atoms with Gasteiger partial charge in [0.25, 0.3) is 0 Å². The molecule has 0 aromatic rings. The van der Waals surface area contributed by atoms with Gasteiger partial charge < -0.3 is 4.48 Å². The van der Waals surface area contributed by atoms with E-state index >= 15 is 0 Å². The molecule has 0 unspecified atom stereocenters. The fourth-order valence-electron chi connectivity index (χ4n) is 3.13. The second-order valence-electron chi connectivity index (χ2n) is 9.21. The Labute approximate surface area is 197 Å². The molecule has 32 heavy (non-hydrogen) atoms. The van der Waals surface area contributed by atoms with E-state index in [9.17, 15) is 0 Å². The molecule has 0 aliphatic heterocycles. The quantitative estimate of drug-likeness (QED) is 0.112. The summed E-state index contributed by atoms with van der Waals surface area (Å²) < 4.78 is 64.3. The molecule has 0 aromatic heterocycles. The zero-order valence-electron chi connectivity index (χ0n) is 20.7. The monoisotopic (exact) mass is 508 g/mol. The highest BCUT2D eigenvalue weighted by Gasteiger charge is 2.04. The summed E-state index contributed by atoms with van der Waals surface area (Å²) in [6.45, 7) is 3.63. The van der Waals surface area contributed by atoms with Gasteiger partial charge in [0.15, 0.2) is 0 Å². The molecule has 0 atom stereocenters. The third-order valence-corrected chi connectivity index (χ3v) is 4.68. The van der Waals surface area contributed by atoms with Crippen LogP contribution in [0.15, 0.2) is 0 Å². The van der Waals surface area contributed by atoms with Gasteiger partial charge in [-0.05, 0) is 12.8 Å². The highest BCUT2D eigenvalue weighted by Crippen LogP contribution is 2.13. The molecule has 0 spiro atoms. The first-order valence-corrected chi connectivity index (χ1v) is 14.6. The van der Waals surface area contributed by atoms with Crippen molar-refractivity contribution in [1.82, 2.24) is 0 Å². The molecule has 0 aliphatic carbocycles. The summed E-state index contributed by atoms with van der Waals surface area (Å²) in [5.74, 6) is 0. The van der Waals surface area contributed by atoms with E-state index in [-0.39, 0.29) is 0 Å². The van der Waals surface area contributed by atoms with Crippen LogP contribution in [0.25, 0.3) is 0 Å². The Balaban J connectivity index is -0.000000695. The predicted molar refractivity (Wildman–Crippen MR) is 131 cm³/mol. The van der Waals surface area contributed by atoms with Crippen molar-refractivity contribution in [1.29, 1.82) is 0 Å². The van der Waals surface area contributed by atoms with Crippen LogP contribution in [0.4, 0.5) is 0 Å². The van der Waals surface area contributed by atoms with Gasteiger partial charge in [-0.1, -0.05) is 96.8 Å². The first kappa shape index (κ1) is 36.3. The van der Waals surface area contributed by atoms with Gasteiger partial charge in [0.05, 0.1) is 27.7 Å². The third-order valence-electron chi connectivity index (χ3n) is 4.68. The van der Waals surface area contributed by atoms with Crippen molar-refractivity contribution < 1.29 is 39.5 Å².